The van der Waals surface area contributed by atoms with E-state index in [0.29, 0.717) is 48.5 Å². The molecule has 0 unspecified atom stereocenters. The quantitative estimate of drug-likeness (QED) is 0.161. The molecule has 9 nitrogen and oxygen atoms in total. The molecule has 11 heteroatoms. The molecular weight excluding hydrogens is 626 g/mol. The van der Waals surface area contributed by atoms with Gasteiger partial charge in [0.1, 0.15) is 37.9 Å². The molecule has 0 atom stereocenters. The van der Waals surface area contributed by atoms with Gasteiger partial charge >= 0.3 is 0 Å². The number of benzene rings is 3. The first-order chi connectivity index (χ1) is 22.1. The van der Waals surface area contributed by atoms with E-state index in [9.17, 15) is 8.42 Å². The number of nitrogens with one attached hydrogen (secondary N) is 1. The zero-order valence-electron chi connectivity index (χ0n) is 26.6. The molecule has 0 amide bonds. The Morgan fingerprint density at radius 3 is 2.50 bits per heavy atom. The van der Waals surface area contributed by atoms with Crippen LogP contribution in [0.25, 0.3) is 11.1 Å². The van der Waals surface area contributed by atoms with Crippen molar-refractivity contribution in [2.45, 2.75) is 38.0 Å². The first-order valence-corrected chi connectivity index (χ1v) is 17.4. The predicted molar refractivity (Wildman–Crippen MR) is 180 cm³/mol. The molecule has 5 rings (SSSR count). The maximum atomic E-state index is 12.0. The molecule has 0 fully saturated rings. The molecule has 0 radical (unpaired) electrons. The van der Waals surface area contributed by atoms with Gasteiger partial charge in [-0.05, 0) is 87.0 Å². The second kappa shape index (κ2) is 15.2. The Kier molecular flexibility index (Phi) is 11.1. The van der Waals surface area contributed by atoms with Crippen LogP contribution in [0, 0.1) is 6.92 Å². The summed E-state index contributed by atoms with van der Waals surface area (Å²) in [5, 5.41) is 3.93. The fraction of sp³-hybridized carbons (Fsp3) is 0.343. The van der Waals surface area contributed by atoms with Gasteiger partial charge in [-0.1, -0.05) is 35.9 Å². The molecule has 46 heavy (non-hydrogen) atoms. The van der Waals surface area contributed by atoms with E-state index in [-0.39, 0.29) is 11.5 Å². The SMILES string of the molecule is Cc1c(COc2cc(OCc3cncc(S(C)(=O)=O)c3)c(CNCCCN(C)C)cc2Cl)cccc1-c1ccc2c(c1)OCCO2. The van der Waals surface area contributed by atoms with Gasteiger partial charge in [-0.25, -0.2) is 8.42 Å². The molecule has 0 spiro atoms. The summed E-state index contributed by atoms with van der Waals surface area (Å²) in [5.41, 5.74) is 5.72. The molecule has 0 saturated heterocycles. The molecular formula is C35H40ClN3O6S. The highest BCUT2D eigenvalue weighted by Crippen LogP contribution is 2.37. The van der Waals surface area contributed by atoms with Crippen LogP contribution < -0.4 is 24.3 Å². The third-order valence-electron chi connectivity index (χ3n) is 7.66. The van der Waals surface area contributed by atoms with Gasteiger partial charge in [-0.15, -0.1) is 0 Å². The van der Waals surface area contributed by atoms with Gasteiger partial charge in [0.25, 0.3) is 0 Å². The number of hydrogen-bond acceptors (Lipinski definition) is 9. The Balaban J connectivity index is 1.34. The molecule has 4 aromatic rings. The van der Waals surface area contributed by atoms with E-state index in [1.165, 1.54) is 6.20 Å². The molecule has 244 valence electrons. The maximum Gasteiger partial charge on any atom is 0.177 e. The third kappa shape index (κ3) is 8.70. The second-order valence-electron chi connectivity index (χ2n) is 11.6. The average Bonchev–Trinajstić information content (AvgIpc) is 3.03. The summed E-state index contributed by atoms with van der Waals surface area (Å²) in [5.74, 6) is 2.58. The fourth-order valence-corrected chi connectivity index (χ4v) is 5.99. The van der Waals surface area contributed by atoms with Crippen LogP contribution in [0.5, 0.6) is 23.0 Å². The van der Waals surface area contributed by atoms with Crippen molar-refractivity contribution < 1.29 is 27.4 Å². The lowest BCUT2D eigenvalue weighted by Crippen LogP contribution is -2.21. The number of rotatable bonds is 14. The van der Waals surface area contributed by atoms with Crippen molar-refractivity contribution in [3.63, 3.8) is 0 Å². The Morgan fingerprint density at radius 2 is 1.72 bits per heavy atom. The van der Waals surface area contributed by atoms with E-state index in [1.54, 1.807) is 18.3 Å². The minimum absolute atomic E-state index is 0.127. The summed E-state index contributed by atoms with van der Waals surface area (Å²) in [7, 11) is 0.704. The van der Waals surface area contributed by atoms with Crippen molar-refractivity contribution >= 4 is 21.4 Å². The monoisotopic (exact) mass is 665 g/mol. The molecule has 1 aliphatic rings. The van der Waals surface area contributed by atoms with Crippen LogP contribution in [-0.4, -0.2) is 65.0 Å². The number of aromatic nitrogens is 1. The first-order valence-electron chi connectivity index (χ1n) is 15.1. The van der Waals surface area contributed by atoms with Crippen LogP contribution in [-0.2, 0) is 29.6 Å². The number of hydrogen-bond donors (Lipinski definition) is 1. The zero-order chi connectivity index (χ0) is 32.7. The van der Waals surface area contributed by atoms with E-state index in [1.807, 2.05) is 50.5 Å². The largest absolute Gasteiger partial charge is 0.488 e. The highest BCUT2D eigenvalue weighted by Gasteiger charge is 2.16. The molecule has 0 bridgehead atoms. The number of pyridine rings is 1. The van der Waals surface area contributed by atoms with Crippen molar-refractivity contribution in [1.82, 2.24) is 15.2 Å². The van der Waals surface area contributed by atoms with Crippen molar-refractivity contribution in [3.05, 3.63) is 94.3 Å². The van der Waals surface area contributed by atoms with Gasteiger partial charge in [0.05, 0.1) is 9.92 Å². The summed E-state index contributed by atoms with van der Waals surface area (Å²) in [6.45, 7) is 5.93. The van der Waals surface area contributed by atoms with E-state index in [0.717, 1.165) is 65.1 Å². The number of sulfone groups is 1. The van der Waals surface area contributed by atoms with Crippen molar-refractivity contribution in [2.24, 2.45) is 0 Å². The van der Waals surface area contributed by atoms with Gasteiger partial charge in [-0.2, -0.15) is 0 Å². The molecule has 1 aliphatic heterocycles. The first kappa shape index (κ1) is 33.5. The van der Waals surface area contributed by atoms with Crippen molar-refractivity contribution in [1.29, 1.82) is 0 Å². The van der Waals surface area contributed by atoms with E-state index in [2.05, 4.69) is 28.2 Å². The number of nitrogens with zero attached hydrogens (tertiary/aromatic N) is 2. The van der Waals surface area contributed by atoms with Crippen LogP contribution in [0.1, 0.15) is 28.7 Å². The van der Waals surface area contributed by atoms with Gasteiger partial charge < -0.3 is 29.2 Å². The fourth-order valence-electron chi connectivity index (χ4n) is 5.13. The Bertz CT molecular complexity index is 1780. The molecule has 1 N–H and O–H groups in total. The van der Waals surface area contributed by atoms with E-state index >= 15 is 0 Å². The minimum Gasteiger partial charge on any atom is -0.488 e. The Hall–Kier alpha value is -3.83. The third-order valence-corrected chi connectivity index (χ3v) is 9.04. The summed E-state index contributed by atoms with van der Waals surface area (Å²) in [4.78, 5) is 6.38. The zero-order valence-corrected chi connectivity index (χ0v) is 28.2. The number of halogens is 1. The summed E-state index contributed by atoms with van der Waals surface area (Å²) in [6, 6.07) is 17.4. The predicted octanol–water partition coefficient (Wildman–Crippen LogP) is 6.08. The van der Waals surface area contributed by atoms with E-state index in [4.69, 9.17) is 30.5 Å². The van der Waals surface area contributed by atoms with Gasteiger partial charge in [0.2, 0.25) is 0 Å². The van der Waals surface area contributed by atoms with Crippen LogP contribution >= 0.6 is 11.6 Å². The second-order valence-corrected chi connectivity index (χ2v) is 14.0. The topological polar surface area (TPSA) is 99.2 Å². The lowest BCUT2D eigenvalue weighted by atomic mass is 9.96. The van der Waals surface area contributed by atoms with Crippen LogP contribution in [0.15, 0.2) is 71.9 Å². The van der Waals surface area contributed by atoms with Crippen molar-refractivity contribution in [3.8, 4) is 34.1 Å². The lowest BCUT2D eigenvalue weighted by Gasteiger charge is -2.20. The van der Waals surface area contributed by atoms with E-state index < -0.39 is 9.84 Å². The molecule has 0 saturated carbocycles. The maximum absolute atomic E-state index is 12.0. The lowest BCUT2D eigenvalue weighted by molar-refractivity contribution is 0.171. The van der Waals surface area contributed by atoms with Crippen LogP contribution in [0.4, 0.5) is 0 Å². The Morgan fingerprint density at radius 1 is 0.935 bits per heavy atom. The smallest absolute Gasteiger partial charge is 0.177 e. The normalized spacial score (nSPS) is 12.7. The van der Waals surface area contributed by atoms with Crippen molar-refractivity contribution in [2.75, 3.05) is 46.7 Å². The molecule has 1 aromatic heterocycles. The van der Waals surface area contributed by atoms with Gasteiger partial charge in [0, 0.05) is 42.4 Å². The van der Waals surface area contributed by atoms with Crippen LogP contribution in [0.3, 0.4) is 0 Å². The number of fused-ring (bicyclic) bond motifs is 1. The molecule has 2 heterocycles. The van der Waals surface area contributed by atoms with Crippen LogP contribution in [0.2, 0.25) is 5.02 Å². The summed E-state index contributed by atoms with van der Waals surface area (Å²) < 4.78 is 48.1. The summed E-state index contributed by atoms with van der Waals surface area (Å²) in [6.07, 6.45) is 5.08. The molecule has 0 aliphatic carbocycles. The van der Waals surface area contributed by atoms with Gasteiger partial charge in [-0.3, -0.25) is 4.98 Å². The number of ether oxygens (including phenoxy) is 4. The minimum atomic E-state index is -3.40. The average molecular weight is 666 g/mol. The highest BCUT2D eigenvalue weighted by molar-refractivity contribution is 7.90. The Labute approximate surface area is 276 Å². The standard InChI is InChI=1S/C35H40ClN3O6S/c1-24-27(7-5-8-30(24)26-9-10-32-35(17-26)43-14-13-42-32)23-45-34-18-33(28(16-31(34)36)20-37-11-6-12-39(2)3)44-22-25-15-29(21-38-19-25)46(4,40)41/h5,7-10,15-19,21,37H,6,11-14,20,22-23H2,1-4H3. The summed E-state index contributed by atoms with van der Waals surface area (Å²) >= 11 is 6.75. The molecule has 3 aromatic carbocycles. The highest BCUT2D eigenvalue weighted by atomic mass is 35.5. The van der Waals surface area contributed by atoms with Gasteiger partial charge in [0.15, 0.2) is 21.3 Å².